The van der Waals surface area contributed by atoms with Crippen molar-refractivity contribution in [1.82, 2.24) is 15.2 Å². The number of nitrogens with one attached hydrogen (secondary N) is 2. The zero-order valence-corrected chi connectivity index (χ0v) is 23.3. The van der Waals surface area contributed by atoms with Gasteiger partial charge in [-0.1, -0.05) is 29.8 Å². The highest BCUT2D eigenvalue weighted by Gasteiger charge is 2.23. The number of aromatic nitrogens is 3. The molecule has 2 heterocycles. The Hall–Kier alpha value is -4.67. The molecular weight excluding hydrogens is 548 g/mol. The number of aromatic carboxylic acids is 1. The van der Waals surface area contributed by atoms with E-state index in [0.717, 1.165) is 27.7 Å². The van der Waals surface area contributed by atoms with Gasteiger partial charge in [0.2, 0.25) is 0 Å². The Morgan fingerprint density at radius 1 is 1.05 bits per heavy atom. The van der Waals surface area contributed by atoms with E-state index < -0.39 is 11.9 Å². The molecule has 0 aliphatic rings. The van der Waals surface area contributed by atoms with Crippen molar-refractivity contribution in [3.8, 4) is 17.0 Å². The number of rotatable bonds is 10. The second-order valence-corrected chi connectivity index (χ2v) is 9.69. The maximum Gasteiger partial charge on any atom is 0.360 e. The summed E-state index contributed by atoms with van der Waals surface area (Å²) in [5.74, 6) is -1.01. The minimum Gasteiger partial charge on any atom is -0.491 e. The lowest BCUT2D eigenvalue weighted by atomic mass is 9.99. The first-order chi connectivity index (χ1) is 19.8. The summed E-state index contributed by atoms with van der Waals surface area (Å²) in [6, 6.07) is 16.1. The molecule has 3 N–H and O–H groups in total. The SMILES string of the molecule is COCCOc1ccc2c(c1)[nH]c1c(C(=O)OC)nnc(-c3cccc(NCc4ccc(Cl)cc4C(=O)O)c3C)c12. The molecule has 0 atom stereocenters. The molecule has 11 heteroatoms. The van der Waals surface area contributed by atoms with Gasteiger partial charge in [0.25, 0.3) is 0 Å². The lowest BCUT2D eigenvalue weighted by molar-refractivity contribution is 0.0594. The first-order valence-electron chi connectivity index (χ1n) is 12.7. The van der Waals surface area contributed by atoms with Crippen LogP contribution in [0.25, 0.3) is 33.1 Å². The summed E-state index contributed by atoms with van der Waals surface area (Å²) >= 11 is 6.01. The third-order valence-electron chi connectivity index (χ3n) is 6.79. The Balaban J connectivity index is 1.59. The molecule has 2 aromatic heterocycles. The average molecular weight is 575 g/mol. The first-order valence-corrected chi connectivity index (χ1v) is 13.1. The number of methoxy groups -OCH3 is 2. The summed E-state index contributed by atoms with van der Waals surface area (Å²) in [4.78, 5) is 27.6. The van der Waals surface area contributed by atoms with Gasteiger partial charge in [-0.25, -0.2) is 9.59 Å². The molecule has 0 aliphatic carbocycles. The molecule has 10 nitrogen and oxygen atoms in total. The fourth-order valence-corrected chi connectivity index (χ4v) is 4.91. The number of halogens is 1. The highest BCUT2D eigenvalue weighted by molar-refractivity contribution is 6.31. The third kappa shape index (κ3) is 5.52. The van der Waals surface area contributed by atoms with Crippen LogP contribution < -0.4 is 10.1 Å². The number of nitrogens with zero attached hydrogens (tertiary/aromatic N) is 2. The molecule has 0 fully saturated rings. The number of hydrogen-bond acceptors (Lipinski definition) is 8. The molecule has 0 amide bonds. The lowest BCUT2D eigenvalue weighted by Gasteiger charge is -2.15. The van der Waals surface area contributed by atoms with Crippen molar-refractivity contribution in [1.29, 1.82) is 0 Å². The number of ether oxygens (including phenoxy) is 3. The molecule has 0 unspecified atom stereocenters. The average Bonchev–Trinajstić information content (AvgIpc) is 3.35. The molecule has 0 aliphatic heterocycles. The summed E-state index contributed by atoms with van der Waals surface area (Å²) < 4.78 is 15.8. The van der Waals surface area contributed by atoms with Crippen molar-refractivity contribution in [2.24, 2.45) is 0 Å². The fraction of sp³-hybridized carbons (Fsp3) is 0.200. The Bertz CT molecular complexity index is 1780. The van der Waals surface area contributed by atoms with Gasteiger partial charge in [-0.3, -0.25) is 0 Å². The quantitative estimate of drug-likeness (QED) is 0.138. The molecule has 0 radical (unpaired) electrons. The molecule has 5 rings (SSSR count). The standard InChI is InChI=1S/C30H27ClN4O6/c1-16-20(5-4-6-23(16)32-15-17-7-8-18(31)13-22(17)29(36)37)26-25-21-10-9-19(41-12-11-39-2)14-24(21)33-27(25)28(35-34-26)30(38)40-3/h4-10,13-14,32-33H,11-12,15H2,1-3H3,(H,36,37). The van der Waals surface area contributed by atoms with Crippen molar-refractivity contribution in [2.75, 3.05) is 32.8 Å². The summed E-state index contributed by atoms with van der Waals surface area (Å²) in [6.07, 6.45) is 0. The van der Waals surface area contributed by atoms with E-state index in [1.807, 2.05) is 43.3 Å². The van der Waals surface area contributed by atoms with Crippen LogP contribution in [0, 0.1) is 6.92 Å². The van der Waals surface area contributed by atoms with Crippen LogP contribution in [-0.4, -0.2) is 59.7 Å². The molecule has 3 aromatic carbocycles. The van der Waals surface area contributed by atoms with Crippen molar-refractivity contribution in [3.05, 3.63) is 82.0 Å². The number of anilines is 1. The van der Waals surface area contributed by atoms with Crippen LogP contribution in [0.4, 0.5) is 5.69 Å². The summed E-state index contributed by atoms with van der Waals surface area (Å²) in [6.45, 7) is 3.06. The van der Waals surface area contributed by atoms with E-state index >= 15 is 0 Å². The van der Waals surface area contributed by atoms with Gasteiger partial charge in [0, 0.05) is 46.8 Å². The smallest absolute Gasteiger partial charge is 0.360 e. The van der Waals surface area contributed by atoms with Crippen molar-refractivity contribution < 1.29 is 28.9 Å². The van der Waals surface area contributed by atoms with Crippen LogP contribution in [0.5, 0.6) is 5.75 Å². The minimum absolute atomic E-state index is 0.0696. The summed E-state index contributed by atoms with van der Waals surface area (Å²) in [7, 11) is 2.90. The molecular formula is C30H27ClN4O6. The first kappa shape index (κ1) is 27.9. The number of aromatic amines is 1. The predicted octanol–water partition coefficient (Wildman–Crippen LogP) is 5.86. The Kier molecular flexibility index (Phi) is 8.04. The highest BCUT2D eigenvalue weighted by Crippen LogP contribution is 2.38. The number of H-pyrrole nitrogens is 1. The molecule has 0 spiro atoms. The zero-order valence-electron chi connectivity index (χ0n) is 22.6. The van der Waals surface area contributed by atoms with Crippen LogP contribution in [0.3, 0.4) is 0 Å². The van der Waals surface area contributed by atoms with Gasteiger partial charge in [0.1, 0.15) is 18.1 Å². The van der Waals surface area contributed by atoms with E-state index in [0.29, 0.717) is 46.1 Å². The summed E-state index contributed by atoms with van der Waals surface area (Å²) in [5.41, 5.74) is 5.06. The monoisotopic (exact) mass is 574 g/mol. The Morgan fingerprint density at radius 2 is 1.88 bits per heavy atom. The van der Waals surface area contributed by atoms with Gasteiger partial charge in [-0.2, -0.15) is 0 Å². The number of benzene rings is 3. The van der Waals surface area contributed by atoms with E-state index in [2.05, 4.69) is 20.5 Å². The van der Waals surface area contributed by atoms with Gasteiger partial charge in [0.05, 0.1) is 30.3 Å². The van der Waals surface area contributed by atoms with E-state index in [1.54, 1.807) is 19.2 Å². The fourth-order valence-electron chi connectivity index (χ4n) is 4.74. The topological polar surface area (TPSA) is 136 Å². The normalized spacial score (nSPS) is 11.1. The minimum atomic E-state index is -1.05. The second kappa shape index (κ2) is 11.8. The van der Waals surface area contributed by atoms with Crippen LogP contribution >= 0.6 is 11.6 Å². The van der Waals surface area contributed by atoms with Crippen LogP contribution in [-0.2, 0) is 16.0 Å². The van der Waals surface area contributed by atoms with Crippen molar-refractivity contribution in [3.63, 3.8) is 0 Å². The number of esters is 1. The predicted molar refractivity (Wildman–Crippen MR) is 156 cm³/mol. The van der Waals surface area contributed by atoms with Crippen molar-refractivity contribution >= 4 is 51.0 Å². The largest absolute Gasteiger partial charge is 0.491 e. The second-order valence-electron chi connectivity index (χ2n) is 9.25. The number of hydrogen-bond donors (Lipinski definition) is 3. The van der Waals surface area contributed by atoms with Gasteiger partial charge >= 0.3 is 11.9 Å². The maximum atomic E-state index is 12.6. The number of carboxylic acid groups (broad SMARTS) is 1. The molecule has 41 heavy (non-hydrogen) atoms. The number of carboxylic acids is 1. The van der Waals surface area contributed by atoms with E-state index in [-0.39, 0.29) is 17.8 Å². The maximum absolute atomic E-state index is 12.6. The number of fused-ring (bicyclic) bond motifs is 3. The van der Waals surface area contributed by atoms with Crippen LogP contribution in [0.1, 0.15) is 32.0 Å². The summed E-state index contributed by atoms with van der Waals surface area (Å²) in [5, 5.41) is 23.6. The highest BCUT2D eigenvalue weighted by atomic mass is 35.5. The third-order valence-corrected chi connectivity index (χ3v) is 7.02. The van der Waals surface area contributed by atoms with Crippen LogP contribution in [0.2, 0.25) is 5.02 Å². The van der Waals surface area contributed by atoms with Gasteiger partial charge in [0.15, 0.2) is 5.69 Å². The van der Waals surface area contributed by atoms with Crippen LogP contribution in [0.15, 0.2) is 54.6 Å². The van der Waals surface area contributed by atoms with Gasteiger partial charge < -0.3 is 29.6 Å². The number of carbonyl (C=O) groups excluding carboxylic acids is 1. The number of carbonyl (C=O) groups is 2. The zero-order chi connectivity index (χ0) is 29.1. The van der Waals surface area contributed by atoms with E-state index in [1.165, 1.54) is 13.2 Å². The van der Waals surface area contributed by atoms with Gasteiger partial charge in [-0.05, 0) is 48.4 Å². The van der Waals surface area contributed by atoms with E-state index in [4.69, 9.17) is 25.8 Å². The van der Waals surface area contributed by atoms with Crippen molar-refractivity contribution in [2.45, 2.75) is 13.5 Å². The van der Waals surface area contributed by atoms with E-state index in [9.17, 15) is 14.7 Å². The van der Waals surface area contributed by atoms with Gasteiger partial charge in [-0.15, -0.1) is 10.2 Å². The Labute approximate surface area is 240 Å². The lowest BCUT2D eigenvalue weighted by Crippen LogP contribution is -2.09. The Morgan fingerprint density at radius 3 is 2.63 bits per heavy atom. The molecule has 0 saturated carbocycles. The molecule has 0 bridgehead atoms. The molecule has 5 aromatic rings. The molecule has 0 saturated heterocycles. The molecule has 210 valence electrons.